The van der Waals surface area contributed by atoms with Gasteiger partial charge in [-0.05, 0) is 80.3 Å². The summed E-state index contributed by atoms with van der Waals surface area (Å²) in [6.45, 7) is 4.98. The van der Waals surface area contributed by atoms with Gasteiger partial charge in [-0.2, -0.15) is 0 Å². The fraction of sp³-hybridized carbons (Fsp3) is 0.0476. The Morgan fingerprint density at radius 1 is 0.533 bits per heavy atom. The number of furan rings is 1. The Bertz CT molecular complexity index is 2400. The third-order valence-electron chi connectivity index (χ3n) is 9.62. The van der Waals surface area contributed by atoms with E-state index in [1.54, 1.807) is 0 Å². The Morgan fingerprint density at radius 3 is 2.09 bits per heavy atom. The molecule has 9 rings (SSSR count). The average Bonchev–Trinajstić information content (AvgIpc) is 3.58. The van der Waals surface area contributed by atoms with Gasteiger partial charge in [0.2, 0.25) is 0 Å². The molecular formula is C42H31NOSi. The van der Waals surface area contributed by atoms with Crippen LogP contribution < -0.4 is 15.3 Å². The number of rotatable bonds is 4. The molecule has 1 aromatic heterocycles. The molecular weight excluding hydrogens is 563 g/mol. The summed E-state index contributed by atoms with van der Waals surface area (Å²) in [5, 5.41) is 7.79. The molecule has 214 valence electrons. The van der Waals surface area contributed by atoms with Crippen LogP contribution >= 0.6 is 0 Å². The second kappa shape index (κ2) is 9.81. The van der Waals surface area contributed by atoms with E-state index < -0.39 is 8.07 Å². The van der Waals surface area contributed by atoms with Crippen LogP contribution in [0.4, 0.5) is 17.1 Å². The lowest BCUT2D eigenvalue weighted by atomic mass is 10.00. The topological polar surface area (TPSA) is 16.4 Å². The van der Waals surface area contributed by atoms with Crippen molar-refractivity contribution in [1.29, 1.82) is 0 Å². The third-order valence-corrected chi connectivity index (χ3v) is 13.2. The molecule has 0 amide bonds. The van der Waals surface area contributed by atoms with Gasteiger partial charge in [0, 0.05) is 33.4 Å². The summed E-state index contributed by atoms with van der Waals surface area (Å²) in [7, 11) is -2.11. The van der Waals surface area contributed by atoms with Gasteiger partial charge in [0.15, 0.2) is 0 Å². The Kier molecular flexibility index (Phi) is 5.68. The number of para-hydroxylation sites is 2. The molecule has 0 saturated heterocycles. The Balaban J connectivity index is 1.22. The van der Waals surface area contributed by atoms with E-state index in [9.17, 15) is 0 Å². The molecule has 1 aliphatic heterocycles. The lowest BCUT2D eigenvalue weighted by molar-refractivity contribution is 0.670. The summed E-state index contributed by atoms with van der Waals surface area (Å²) >= 11 is 0. The van der Waals surface area contributed by atoms with Crippen molar-refractivity contribution in [3.8, 4) is 22.3 Å². The number of anilines is 3. The minimum Gasteiger partial charge on any atom is -0.455 e. The summed E-state index contributed by atoms with van der Waals surface area (Å²) in [6, 6.07) is 55.0. The van der Waals surface area contributed by atoms with Gasteiger partial charge >= 0.3 is 0 Å². The highest BCUT2D eigenvalue weighted by Gasteiger charge is 2.42. The van der Waals surface area contributed by atoms with E-state index in [2.05, 4.69) is 170 Å². The number of hydrogen-bond donors (Lipinski definition) is 0. The van der Waals surface area contributed by atoms with Crippen LogP contribution in [0.25, 0.3) is 55.0 Å². The lowest BCUT2D eigenvalue weighted by Gasteiger charge is -2.31. The number of hydrogen-bond acceptors (Lipinski definition) is 2. The smallest absolute Gasteiger partial charge is 0.143 e. The van der Waals surface area contributed by atoms with E-state index in [4.69, 9.17) is 4.42 Å². The third kappa shape index (κ3) is 3.94. The molecule has 0 radical (unpaired) electrons. The van der Waals surface area contributed by atoms with Crippen molar-refractivity contribution < 1.29 is 4.42 Å². The normalized spacial score (nSPS) is 13.3. The molecule has 2 heterocycles. The SMILES string of the molecule is C[Si]1(C)c2ccc3c(oc4ccccc43)c2-c2cccc(N(c3ccccc3)c3ccc(-c4ccc5ccccc5c4)cc3)c21. The molecule has 0 aliphatic carbocycles. The fourth-order valence-corrected chi connectivity index (χ4v) is 10.8. The molecule has 0 saturated carbocycles. The summed E-state index contributed by atoms with van der Waals surface area (Å²) in [6.07, 6.45) is 0. The largest absolute Gasteiger partial charge is 0.455 e. The molecule has 0 fully saturated rings. The molecule has 0 bridgehead atoms. The standard InChI is InChI=1S/C42H31NOSi/c1-45(2)39-26-25-35-34-15-8-9-18-38(34)44-41(35)40(39)36-16-10-17-37(42(36)45)43(32-13-4-3-5-14-32)33-23-21-29(22-24-33)31-20-19-28-11-6-7-12-30(28)27-31/h3-27H,1-2H3. The van der Waals surface area contributed by atoms with Crippen molar-refractivity contribution in [3.05, 3.63) is 152 Å². The first-order chi connectivity index (χ1) is 22.1. The maximum Gasteiger partial charge on any atom is 0.143 e. The van der Waals surface area contributed by atoms with Gasteiger partial charge in [0.25, 0.3) is 0 Å². The quantitative estimate of drug-likeness (QED) is 0.189. The van der Waals surface area contributed by atoms with Crippen molar-refractivity contribution in [2.24, 2.45) is 0 Å². The van der Waals surface area contributed by atoms with Crippen LogP contribution in [0.1, 0.15) is 0 Å². The fourth-order valence-electron chi connectivity index (χ4n) is 7.48. The Morgan fingerprint density at radius 2 is 1.24 bits per heavy atom. The van der Waals surface area contributed by atoms with Gasteiger partial charge in [-0.3, -0.25) is 0 Å². The number of fused-ring (bicyclic) bond motifs is 8. The predicted octanol–water partition coefficient (Wildman–Crippen LogP) is 10.7. The van der Waals surface area contributed by atoms with Crippen molar-refractivity contribution in [2.75, 3.05) is 4.90 Å². The highest BCUT2D eigenvalue weighted by molar-refractivity contribution is 7.05. The van der Waals surface area contributed by atoms with Gasteiger partial charge in [0.1, 0.15) is 19.2 Å². The molecule has 0 unspecified atom stereocenters. The maximum atomic E-state index is 6.61. The molecule has 7 aromatic carbocycles. The molecule has 1 aliphatic rings. The molecule has 45 heavy (non-hydrogen) atoms. The lowest BCUT2D eigenvalue weighted by Crippen LogP contribution is -2.50. The highest BCUT2D eigenvalue weighted by atomic mass is 28.3. The van der Waals surface area contributed by atoms with Gasteiger partial charge < -0.3 is 9.32 Å². The number of benzene rings is 7. The zero-order chi connectivity index (χ0) is 30.1. The van der Waals surface area contributed by atoms with E-state index in [0.717, 1.165) is 22.5 Å². The summed E-state index contributed by atoms with van der Waals surface area (Å²) < 4.78 is 6.61. The number of nitrogens with zero attached hydrogens (tertiary/aromatic N) is 1. The first-order valence-electron chi connectivity index (χ1n) is 15.6. The van der Waals surface area contributed by atoms with Crippen LogP contribution in [0.2, 0.25) is 13.1 Å². The molecule has 2 nitrogen and oxygen atoms in total. The zero-order valence-electron chi connectivity index (χ0n) is 25.3. The zero-order valence-corrected chi connectivity index (χ0v) is 26.3. The van der Waals surface area contributed by atoms with E-state index >= 15 is 0 Å². The maximum absolute atomic E-state index is 6.61. The van der Waals surface area contributed by atoms with Gasteiger partial charge in [-0.1, -0.05) is 122 Å². The van der Waals surface area contributed by atoms with Crippen LogP contribution in [0.15, 0.2) is 156 Å². The van der Waals surface area contributed by atoms with Gasteiger partial charge in [-0.25, -0.2) is 0 Å². The minimum absolute atomic E-state index is 0.947. The van der Waals surface area contributed by atoms with Gasteiger partial charge in [-0.15, -0.1) is 0 Å². The van der Waals surface area contributed by atoms with Crippen molar-refractivity contribution in [2.45, 2.75) is 13.1 Å². The second-order valence-electron chi connectivity index (χ2n) is 12.6. The molecule has 3 heteroatoms. The summed E-state index contributed by atoms with van der Waals surface area (Å²) in [5.74, 6) is 0. The predicted molar refractivity (Wildman–Crippen MR) is 194 cm³/mol. The van der Waals surface area contributed by atoms with Gasteiger partial charge in [0.05, 0.1) is 0 Å². The first-order valence-corrected chi connectivity index (χ1v) is 18.6. The molecule has 8 aromatic rings. The summed E-state index contributed by atoms with van der Waals surface area (Å²) in [4.78, 5) is 2.44. The van der Waals surface area contributed by atoms with Crippen molar-refractivity contribution in [3.63, 3.8) is 0 Å². The first kappa shape index (κ1) is 26.1. The van der Waals surface area contributed by atoms with Crippen LogP contribution in [-0.2, 0) is 0 Å². The van der Waals surface area contributed by atoms with Crippen molar-refractivity contribution in [1.82, 2.24) is 0 Å². The highest BCUT2D eigenvalue weighted by Crippen LogP contribution is 2.43. The minimum atomic E-state index is -2.11. The van der Waals surface area contributed by atoms with Crippen LogP contribution in [0, 0.1) is 0 Å². The molecule has 0 spiro atoms. The molecule has 0 atom stereocenters. The second-order valence-corrected chi connectivity index (χ2v) is 16.9. The van der Waals surface area contributed by atoms with Crippen molar-refractivity contribution >= 4 is 68.2 Å². The van der Waals surface area contributed by atoms with E-state index in [1.165, 1.54) is 59.9 Å². The Labute approximate surface area is 263 Å². The average molecular weight is 594 g/mol. The monoisotopic (exact) mass is 593 g/mol. The Hall–Kier alpha value is -5.38. The summed E-state index contributed by atoms with van der Waals surface area (Å²) in [5.41, 5.74) is 10.5. The van der Waals surface area contributed by atoms with Crippen LogP contribution in [0.5, 0.6) is 0 Å². The van der Waals surface area contributed by atoms with E-state index in [1.807, 2.05) is 0 Å². The van der Waals surface area contributed by atoms with Crippen LogP contribution in [0.3, 0.4) is 0 Å². The van der Waals surface area contributed by atoms with Crippen LogP contribution in [-0.4, -0.2) is 8.07 Å². The van der Waals surface area contributed by atoms with E-state index in [-0.39, 0.29) is 0 Å². The molecule has 0 N–H and O–H groups in total. The van der Waals surface area contributed by atoms with E-state index in [0.29, 0.717) is 0 Å².